The average Bonchev–Trinajstić information content (AvgIpc) is 2.66. The fourth-order valence-corrected chi connectivity index (χ4v) is 2.79. The first-order valence-electron chi connectivity index (χ1n) is 7.64. The average molecular weight is 360 g/mol. The van der Waals surface area contributed by atoms with Crippen LogP contribution in [0.4, 0.5) is 5.69 Å². The van der Waals surface area contributed by atoms with Crippen LogP contribution in [0.1, 0.15) is 0 Å². The Morgan fingerprint density at radius 1 is 1.12 bits per heavy atom. The van der Waals surface area contributed by atoms with Crippen molar-refractivity contribution in [3.8, 4) is 11.1 Å². The van der Waals surface area contributed by atoms with E-state index in [0.717, 1.165) is 28.6 Å². The van der Waals surface area contributed by atoms with Gasteiger partial charge in [0.15, 0.2) is 6.10 Å². The van der Waals surface area contributed by atoms with Gasteiger partial charge >= 0.3 is 5.97 Å². The number of nitrogens with one attached hydrogen (secondary N) is 2. The second-order valence-electron chi connectivity index (χ2n) is 5.17. The summed E-state index contributed by atoms with van der Waals surface area (Å²) in [7, 11) is 1.20. The van der Waals surface area contributed by atoms with E-state index in [1.165, 1.54) is 7.11 Å². The fraction of sp³-hybridized carbons (Fsp3) is 0.222. The van der Waals surface area contributed by atoms with Crippen LogP contribution in [0.3, 0.4) is 0 Å². The van der Waals surface area contributed by atoms with Crippen LogP contribution in [0.25, 0.3) is 11.1 Å². The predicted octanol–water partition coefficient (Wildman–Crippen LogP) is 2.06. The van der Waals surface area contributed by atoms with Gasteiger partial charge in [-0.3, -0.25) is 15.6 Å². The number of amides is 1. The van der Waals surface area contributed by atoms with Gasteiger partial charge < -0.3 is 9.84 Å². The highest BCUT2D eigenvalue weighted by Crippen LogP contribution is 2.21. The van der Waals surface area contributed by atoms with E-state index in [4.69, 9.17) is 0 Å². The SMILES string of the molecule is COC(=O)C(O)CSCC(=O)NNc1cccc(-c2ccccc2)c1. The lowest BCUT2D eigenvalue weighted by molar-refractivity contribution is -0.149. The Labute approximate surface area is 150 Å². The number of anilines is 1. The van der Waals surface area contributed by atoms with Crippen LogP contribution >= 0.6 is 11.8 Å². The maximum atomic E-state index is 11.8. The van der Waals surface area contributed by atoms with E-state index in [1.54, 1.807) is 0 Å². The van der Waals surface area contributed by atoms with Crippen molar-refractivity contribution < 1.29 is 19.4 Å². The Morgan fingerprint density at radius 3 is 2.56 bits per heavy atom. The van der Waals surface area contributed by atoms with Gasteiger partial charge in [0.05, 0.1) is 18.6 Å². The van der Waals surface area contributed by atoms with Crippen molar-refractivity contribution >= 4 is 29.3 Å². The minimum absolute atomic E-state index is 0.101. The van der Waals surface area contributed by atoms with Crippen molar-refractivity contribution in [2.45, 2.75) is 6.10 Å². The third-order valence-corrected chi connectivity index (χ3v) is 4.32. The van der Waals surface area contributed by atoms with Crippen LogP contribution in [0, 0.1) is 0 Å². The third-order valence-electron chi connectivity index (χ3n) is 3.30. The molecule has 7 heteroatoms. The van der Waals surface area contributed by atoms with Gasteiger partial charge in [-0.1, -0.05) is 42.5 Å². The van der Waals surface area contributed by atoms with Crippen LogP contribution in [-0.2, 0) is 14.3 Å². The zero-order chi connectivity index (χ0) is 18.1. The lowest BCUT2D eigenvalue weighted by atomic mass is 10.1. The maximum absolute atomic E-state index is 11.8. The molecule has 6 nitrogen and oxygen atoms in total. The zero-order valence-corrected chi connectivity index (χ0v) is 14.6. The molecule has 0 aliphatic carbocycles. The van der Waals surface area contributed by atoms with E-state index in [2.05, 4.69) is 15.6 Å². The normalized spacial score (nSPS) is 11.4. The van der Waals surface area contributed by atoms with Gasteiger partial charge in [0, 0.05) is 5.75 Å². The standard InChI is InChI=1S/C18H20N2O4S/c1-24-18(23)16(21)11-25-12-17(22)20-19-15-9-5-8-14(10-15)13-6-3-2-4-7-13/h2-10,16,19,21H,11-12H2,1H3,(H,20,22). The molecule has 0 spiro atoms. The number of aliphatic hydroxyl groups excluding tert-OH is 1. The molecule has 2 aromatic carbocycles. The number of methoxy groups -OCH3 is 1. The Bertz CT molecular complexity index is 709. The molecule has 1 unspecified atom stereocenters. The Morgan fingerprint density at radius 2 is 1.84 bits per heavy atom. The van der Waals surface area contributed by atoms with Gasteiger partial charge in [-0.25, -0.2) is 4.79 Å². The largest absolute Gasteiger partial charge is 0.467 e. The highest BCUT2D eigenvalue weighted by atomic mass is 32.2. The smallest absolute Gasteiger partial charge is 0.335 e. The second kappa shape index (κ2) is 9.71. The minimum Gasteiger partial charge on any atom is -0.467 e. The molecular weight excluding hydrogens is 340 g/mol. The van der Waals surface area contributed by atoms with Crippen molar-refractivity contribution in [1.29, 1.82) is 0 Å². The first-order valence-corrected chi connectivity index (χ1v) is 8.79. The van der Waals surface area contributed by atoms with Crippen LogP contribution in [0.2, 0.25) is 0 Å². The Hall–Kier alpha value is -2.51. The van der Waals surface area contributed by atoms with E-state index in [9.17, 15) is 14.7 Å². The number of hydrazine groups is 1. The first kappa shape index (κ1) is 18.8. The molecule has 0 aliphatic heterocycles. The molecule has 25 heavy (non-hydrogen) atoms. The molecule has 1 amide bonds. The zero-order valence-electron chi connectivity index (χ0n) is 13.8. The molecular formula is C18H20N2O4S. The Kier molecular flexibility index (Phi) is 7.31. The van der Waals surface area contributed by atoms with Crippen LogP contribution in [0.5, 0.6) is 0 Å². The fourth-order valence-electron chi connectivity index (χ4n) is 2.05. The van der Waals surface area contributed by atoms with Gasteiger partial charge in [0.2, 0.25) is 5.91 Å². The lowest BCUT2D eigenvalue weighted by Crippen LogP contribution is -2.32. The predicted molar refractivity (Wildman–Crippen MR) is 99.0 cm³/mol. The van der Waals surface area contributed by atoms with Crippen molar-refractivity contribution in [3.63, 3.8) is 0 Å². The number of hydrogen-bond acceptors (Lipinski definition) is 6. The molecule has 0 aliphatic rings. The van der Waals surface area contributed by atoms with Crippen LogP contribution in [0.15, 0.2) is 54.6 Å². The van der Waals surface area contributed by atoms with Gasteiger partial charge in [0.25, 0.3) is 0 Å². The van der Waals surface area contributed by atoms with Gasteiger partial charge in [-0.2, -0.15) is 0 Å². The molecule has 0 aromatic heterocycles. The second-order valence-corrected chi connectivity index (χ2v) is 6.20. The number of rotatable bonds is 8. The quantitative estimate of drug-likeness (QED) is 0.493. The molecule has 132 valence electrons. The summed E-state index contributed by atoms with van der Waals surface area (Å²) in [5.74, 6) is -0.751. The molecule has 0 radical (unpaired) electrons. The molecule has 0 fully saturated rings. The summed E-state index contributed by atoms with van der Waals surface area (Å²) in [4.78, 5) is 22.8. The van der Waals surface area contributed by atoms with Crippen molar-refractivity contribution in [2.24, 2.45) is 0 Å². The minimum atomic E-state index is -1.22. The van der Waals surface area contributed by atoms with Gasteiger partial charge in [0.1, 0.15) is 0 Å². The Balaban J connectivity index is 1.79. The van der Waals surface area contributed by atoms with E-state index in [-0.39, 0.29) is 17.4 Å². The number of esters is 1. The van der Waals surface area contributed by atoms with Crippen LogP contribution < -0.4 is 10.9 Å². The molecule has 0 bridgehead atoms. The van der Waals surface area contributed by atoms with Gasteiger partial charge in [-0.15, -0.1) is 11.8 Å². The summed E-state index contributed by atoms with van der Waals surface area (Å²) in [5.41, 5.74) is 8.33. The number of carbonyl (C=O) groups is 2. The van der Waals surface area contributed by atoms with Crippen molar-refractivity contribution in [2.75, 3.05) is 24.0 Å². The summed E-state index contributed by atoms with van der Waals surface area (Å²) >= 11 is 1.15. The molecule has 0 heterocycles. The number of thioether (sulfide) groups is 1. The summed E-state index contributed by atoms with van der Waals surface area (Å²) < 4.78 is 4.41. The van der Waals surface area contributed by atoms with E-state index >= 15 is 0 Å². The monoisotopic (exact) mass is 360 g/mol. The molecule has 0 saturated heterocycles. The number of ether oxygens (including phenoxy) is 1. The number of benzene rings is 2. The summed E-state index contributed by atoms with van der Waals surface area (Å²) in [6.45, 7) is 0. The molecule has 0 saturated carbocycles. The third kappa shape index (κ3) is 6.13. The molecule has 2 aromatic rings. The van der Waals surface area contributed by atoms with Gasteiger partial charge in [-0.05, 0) is 23.3 Å². The van der Waals surface area contributed by atoms with Crippen molar-refractivity contribution in [1.82, 2.24) is 5.43 Å². The van der Waals surface area contributed by atoms with Crippen LogP contribution in [-0.4, -0.2) is 41.7 Å². The number of hydrogen-bond donors (Lipinski definition) is 3. The first-order chi connectivity index (χ1) is 12.1. The number of carbonyl (C=O) groups excluding carboxylic acids is 2. The number of aliphatic hydroxyl groups is 1. The molecule has 2 rings (SSSR count). The highest BCUT2D eigenvalue weighted by Gasteiger charge is 2.15. The van der Waals surface area contributed by atoms with E-state index in [0.29, 0.717) is 0 Å². The topological polar surface area (TPSA) is 87.7 Å². The van der Waals surface area contributed by atoms with E-state index in [1.807, 2.05) is 54.6 Å². The molecule has 1 atom stereocenters. The summed E-state index contributed by atoms with van der Waals surface area (Å²) in [5, 5.41) is 9.43. The highest BCUT2D eigenvalue weighted by molar-refractivity contribution is 8.00. The molecule has 3 N–H and O–H groups in total. The van der Waals surface area contributed by atoms with E-state index < -0.39 is 12.1 Å². The van der Waals surface area contributed by atoms with Crippen molar-refractivity contribution in [3.05, 3.63) is 54.6 Å². The summed E-state index contributed by atoms with van der Waals surface area (Å²) in [6, 6.07) is 17.6. The maximum Gasteiger partial charge on any atom is 0.335 e. The summed E-state index contributed by atoms with van der Waals surface area (Å²) in [6.07, 6.45) is -1.22. The lowest BCUT2D eigenvalue weighted by Gasteiger charge is -2.11.